The van der Waals surface area contributed by atoms with Crippen molar-refractivity contribution in [1.82, 2.24) is 14.5 Å². The molecule has 22 heavy (non-hydrogen) atoms. The first-order valence-electron chi connectivity index (χ1n) is 6.98. The molecule has 0 amide bonds. The van der Waals surface area contributed by atoms with Crippen molar-refractivity contribution in [1.29, 1.82) is 0 Å². The number of aromatic nitrogens is 3. The van der Waals surface area contributed by atoms with Crippen molar-refractivity contribution in [2.24, 2.45) is 0 Å². The first-order valence-corrected chi connectivity index (χ1v) is 6.98. The number of H-pyrrole nitrogens is 1. The van der Waals surface area contributed by atoms with Gasteiger partial charge in [-0.15, -0.1) is 12.3 Å². The van der Waals surface area contributed by atoms with Gasteiger partial charge in [-0.2, -0.15) is 0 Å². The molecule has 1 aromatic carbocycles. The number of hydrogen-bond acceptors (Lipinski definition) is 2. The Morgan fingerprint density at radius 1 is 1.18 bits per heavy atom. The van der Waals surface area contributed by atoms with Crippen LogP contribution in [0.2, 0.25) is 0 Å². The van der Waals surface area contributed by atoms with Crippen LogP contribution in [0.1, 0.15) is 11.4 Å². The van der Waals surface area contributed by atoms with Crippen LogP contribution in [0.25, 0.3) is 11.1 Å². The summed E-state index contributed by atoms with van der Waals surface area (Å²) >= 11 is 0. The van der Waals surface area contributed by atoms with Crippen LogP contribution in [-0.4, -0.2) is 14.5 Å². The minimum Gasteiger partial charge on any atom is -0.328 e. The Bertz CT molecular complexity index is 869. The predicted octanol–water partition coefficient (Wildman–Crippen LogP) is 2.46. The van der Waals surface area contributed by atoms with Gasteiger partial charge in [0, 0.05) is 23.1 Å². The topological polar surface area (TPSA) is 50.7 Å². The SMILES string of the molecule is C#CCc1cncn1Cc1ccc(-c2ccccc2)c(=O)[nH]1. The second-order valence-electron chi connectivity index (χ2n) is 4.99. The molecule has 4 heteroatoms. The van der Waals surface area contributed by atoms with Crippen molar-refractivity contribution in [3.8, 4) is 23.5 Å². The number of imidazole rings is 1. The lowest BCUT2D eigenvalue weighted by molar-refractivity contribution is 0.738. The smallest absolute Gasteiger partial charge is 0.256 e. The van der Waals surface area contributed by atoms with Crippen molar-refractivity contribution in [2.75, 3.05) is 0 Å². The second kappa shape index (κ2) is 6.15. The maximum Gasteiger partial charge on any atom is 0.256 e. The van der Waals surface area contributed by atoms with Gasteiger partial charge in [-0.25, -0.2) is 4.98 Å². The lowest BCUT2D eigenvalue weighted by Crippen LogP contribution is -2.14. The zero-order valence-electron chi connectivity index (χ0n) is 12.0. The van der Waals surface area contributed by atoms with Gasteiger partial charge in [-0.3, -0.25) is 4.79 Å². The van der Waals surface area contributed by atoms with E-state index in [1.54, 1.807) is 12.5 Å². The van der Waals surface area contributed by atoms with Gasteiger partial charge in [0.1, 0.15) is 0 Å². The molecule has 0 unspecified atom stereocenters. The fourth-order valence-electron chi connectivity index (χ4n) is 2.38. The van der Waals surface area contributed by atoms with E-state index in [-0.39, 0.29) is 5.56 Å². The van der Waals surface area contributed by atoms with Gasteiger partial charge in [0.25, 0.3) is 5.56 Å². The molecule has 0 bridgehead atoms. The Labute approximate surface area is 128 Å². The van der Waals surface area contributed by atoms with E-state index in [1.165, 1.54) is 0 Å². The molecule has 2 aromatic heterocycles. The third-order valence-corrected chi connectivity index (χ3v) is 3.48. The molecule has 3 aromatic rings. The molecule has 0 aliphatic rings. The number of nitrogens with zero attached hydrogens (tertiary/aromatic N) is 2. The van der Waals surface area contributed by atoms with Crippen LogP contribution in [0.3, 0.4) is 0 Å². The maximum absolute atomic E-state index is 12.3. The van der Waals surface area contributed by atoms with Crippen LogP contribution in [0.15, 0.2) is 59.8 Å². The Balaban J connectivity index is 1.88. The van der Waals surface area contributed by atoms with Crippen molar-refractivity contribution >= 4 is 0 Å². The number of nitrogens with one attached hydrogen (secondary N) is 1. The number of aromatic amines is 1. The van der Waals surface area contributed by atoms with Gasteiger partial charge in [-0.1, -0.05) is 30.3 Å². The molecular weight excluding hydrogens is 274 g/mol. The summed E-state index contributed by atoms with van der Waals surface area (Å²) in [5, 5.41) is 0. The van der Waals surface area contributed by atoms with Gasteiger partial charge in [0.15, 0.2) is 0 Å². The summed E-state index contributed by atoms with van der Waals surface area (Å²) in [7, 11) is 0. The van der Waals surface area contributed by atoms with Gasteiger partial charge < -0.3 is 9.55 Å². The third kappa shape index (κ3) is 2.84. The standard InChI is InChI=1S/C18H15N3O/c1-2-6-16-11-19-13-21(16)12-15-9-10-17(18(22)20-15)14-7-4-3-5-8-14/h1,3-5,7-11,13H,6,12H2,(H,20,22). The quantitative estimate of drug-likeness (QED) is 0.750. The monoisotopic (exact) mass is 289 g/mol. The van der Waals surface area contributed by atoms with E-state index in [4.69, 9.17) is 6.42 Å². The summed E-state index contributed by atoms with van der Waals surface area (Å²) in [5.74, 6) is 2.61. The first-order chi connectivity index (χ1) is 10.8. The van der Waals surface area contributed by atoms with Crippen LogP contribution in [-0.2, 0) is 13.0 Å². The van der Waals surface area contributed by atoms with Crippen LogP contribution >= 0.6 is 0 Å². The summed E-state index contributed by atoms with van der Waals surface area (Å²) in [5.41, 5.74) is 3.25. The fourth-order valence-corrected chi connectivity index (χ4v) is 2.38. The molecule has 2 heterocycles. The number of terminal acetylenes is 1. The molecule has 0 aliphatic heterocycles. The average molecular weight is 289 g/mol. The van der Waals surface area contributed by atoms with E-state index in [0.717, 1.165) is 17.0 Å². The second-order valence-corrected chi connectivity index (χ2v) is 4.99. The van der Waals surface area contributed by atoms with Crippen molar-refractivity contribution in [3.63, 3.8) is 0 Å². The van der Waals surface area contributed by atoms with Crippen LogP contribution in [0, 0.1) is 12.3 Å². The van der Waals surface area contributed by atoms with E-state index in [1.807, 2.05) is 47.0 Å². The van der Waals surface area contributed by atoms with E-state index in [2.05, 4.69) is 15.9 Å². The van der Waals surface area contributed by atoms with Crippen LogP contribution in [0.5, 0.6) is 0 Å². The Kier molecular flexibility index (Phi) is 3.88. The highest BCUT2D eigenvalue weighted by Crippen LogP contribution is 2.14. The highest BCUT2D eigenvalue weighted by atomic mass is 16.1. The van der Waals surface area contributed by atoms with Gasteiger partial charge >= 0.3 is 0 Å². The first kappa shape index (κ1) is 13.9. The molecule has 4 nitrogen and oxygen atoms in total. The zero-order valence-corrected chi connectivity index (χ0v) is 12.0. The highest BCUT2D eigenvalue weighted by Gasteiger charge is 2.06. The molecule has 0 radical (unpaired) electrons. The van der Waals surface area contributed by atoms with Crippen molar-refractivity contribution in [2.45, 2.75) is 13.0 Å². The van der Waals surface area contributed by atoms with Crippen molar-refractivity contribution in [3.05, 3.63) is 76.7 Å². The number of pyridine rings is 1. The van der Waals surface area contributed by atoms with Gasteiger partial charge in [0.05, 0.1) is 19.3 Å². The molecule has 0 saturated carbocycles. The third-order valence-electron chi connectivity index (χ3n) is 3.48. The summed E-state index contributed by atoms with van der Waals surface area (Å²) in [6.07, 6.45) is 9.33. The summed E-state index contributed by atoms with van der Waals surface area (Å²) in [4.78, 5) is 19.3. The molecule has 0 spiro atoms. The summed E-state index contributed by atoms with van der Waals surface area (Å²) in [6.45, 7) is 0.543. The molecule has 0 fully saturated rings. The number of rotatable bonds is 4. The normalized spacial score (nSPS) is 10.3. The summed E-state index contributed by atoms with van der Waals surface area (Å²) in [6, 6.07) is 13.4. The minimum absolute atomic E-state index is 0.0951. The molecule has 108 valence electrons. The van der Waals surface area contributed by atoms with E-state index in [0.29, 0.717) is 18.5 Å². The lowest BCUT2D eigenvalue weighted by atomic mass is 10.1. The Morgan fingerprint density at radius 2 is 2.00 bits per heavy atom. The van der Waals surface area contributed by atoms with E-state index in [9.17, 15) is 4.79 Å². The number of hydrogen-bond donors (Lipinski definition) is 1. The Morgan fingerprint density at radius 3 is 2.73 bits per heavy atom. The van der Waals surface area contributed by atoms with Crippen LogP contribution < -0.4 is 5.56 Å². The molecular formula is C18H15N3O. The molecule has 0 saturated heterocycles. The average Bonchev–Trinajstić information content (AvgIpc) is 2.96. The largest absolute Gasteiger partial charge is 0.328 e. The van der Waals surface area contributed by atoms with Crippen LogP contribution in [0.4, 0.5) is 0 Å². The molecule has 3 rings (SSSR count). The maximum atomic E-state index is 12.3. The van der Waals surface area contributed by atoms with E-state index < -0.39 is 0 Å². The van der Waals surface area contributed by atoms with Crippen molar-refractivity contribution < 1.29 is 0 Å². The molecule has 1 N–H and O–H groups in total. The molecule has 0 atom stereocenters. The lowest BCUT2D eigenvalue weighted by Gasteiger charge is -2.07. The molecule has 0 aliphatic carbocycles. The number of benzene rings is 1. The fraction of sp³-hybridized carbons (Fsp3) is 0.111. The Hall–Kier alpha value is -3.06. The zero-order chi connectivity index (χ0) is 15.4. The predicted molar refractivity (Wildman–Crippen MR) is 86.4 cm³/mol. The van der Waals surface area contributed by atoms with Gasteiger partial charge in [-0.05, 0) is 17.7 Å². The van der Waals surface area contributed by atoms with E-state index >= 15 is 0 Å². The van der Waals surface area contributed by atoms with Gasteiger partial charge in [0.2, 0.25) is 0 Å². The summed E-state index contributed by atoms with van der Waals surface area (Å²) < 4.78 is 1.94. The highest BCUT2D eigenvalue weighted by molar-refractivity contribution is 5.62. The minimum atomic E-state index is -0.0951.